The lowest BCUT2D eigenvalue weighted by Crippen LogP contribution is -2.22. The highest BCUT2D eigenvalue weighted by Crippen LogP contribution is 2.18. The van der Waals surface area contributed by atoms with E-state index < -0.39 is 0 Å². The predicted molar refractivity (Wildman–Crippen MR) is 87.9 cm³/mol. The predicted octanol–water partition coefficient (Wildman–Crippen LogP) is 3.35. The van der Waals surface area contributed by atoms with Crippen LogP contribution in [0, 0.1) is 16.7 Å². The minimum Gasteiger partial charge on any atom is -0.272 e. The smallest absolute Gasteiger partial charge is 0.250 e. The van der Waals surface area contributed by atoms with Gasteiger partial charge in [-0.25, -0.2) is 5.43 Å². The number of nitrogens with zero attached hydrogens (tertiary/aromatic N) is 2. The molecule has 0 aromatic heterocycles. The fourth-order valence-electron chi connectivity index (χ4n) is 1.59. The molecular formula is C16H21N3OS. The van der Waals surface area contributed by atoms with Crippen LogP contribution in [0.5, 0.6) is 0 Å². The van der Waals surface area contributed by atoms with Crippen molar-refractivity contribution < 1.29 is 4.79 Å². The Kier molecular flexibility index (Phi) is 7.55. The maximum absolute atomic E-state index is 11.6. The van der Waals surface area contributed by atoms with E-state index in [9.17, 15) is 4.79 Å². The summed E-state index contributed by atoms with van der Waals surface area (Å²) in [7, 11) is 0. The molecule has 1 N–H and O–H groups in total. The van der Waals surface area contributed by atoms with E-state index in [1.54, 1.807) is 18.0 Å². The van der Waals surface area contributed by atoms with Gasteiger partial charge in [0.15, 0.2) is 0 Å². The average Bonchev–Trinajstić information content (AvgIpc) is 2.46. The van der Waals surface area contributed by atoms with Crippen LogP contribution in [0.4, 0.5) is 0 Å². The molecular weight excluding hydrogens is 282 g/mol. The number of nitrogens with one attached hydrogen (secondary N) is 1. The van der Waals surface area contributed by atoms with Gasteiger partial charge in [0.1, 0.15) is 0 Å². The van der Waals surface area contributed by atoms with Crippen LogP contribution < -0.4 is 5.43 Å². The summed E-state index contributed by atoms with van der Waals surface area (Å²) in [4.78, 5) is 11.6. The van der Waals surface area contributed by atoms with E-state index >= 15 is 0 Å². The van der Waals surface area contributed by atoms with Crippen LogP contribution in [0.25, 0.3) is 0 Å². The largest absolute Gasteiger partial charge is 0.272 e. The summed E-state index contributed by atoms with van der Waals surface area (Å²) in [6.45, 7) is 3.98. The first kappa shape index (κ1) is 17.3. The van der Waals surface area contributed by atoms with Gasteiger partial charge in [0.2, 0.25) is 5.91 Å². The van der Waals surface area contributed by atoms with Crippen molar-refractivity contribution >= 4 is 23.9 Å². The van der Waals surface area contributed by atoms with Gasteiger partial charge in [-0.15, -0.1) is 11.8 Å². The van der Waals surface area contributed by atoms with Gasteiger partial charge in [-0.3, -0.25) is 4.79 Å². The normalized spacial score (nSPS) is 11.3. The van der Waals surface area contributed by atoms with Crippen LogP contribution in [0.3, 0.4) is 0 Å². The molecule has 0 saturated carbocycles. The number of hydrogen-bond donors (Lipinski definition) is 1. The van der Waals surface area contributed by atoms with Crippen LogP contribution in [-0.4, -0.2) is 17.9 Å². The van der Waals surface area contributed by atoms with E-state index in [0.29, 0.717) is 12.2 Å². The molecule has 0 unspecified atom stereocenters. The molecule has 0 heterocycles. The van der Waals surface area contributed by atoms with Crippen molar-refractivity contribution in [1.29, 1.82) is 5.26 Å². The number of nitriles is 1. The number of thioether (sulfide) groups is 1. The second-order valence-corrected chi connectivity index (χ2v) is 6.40. The molecule has 1 aromatic carbocycles. The Hall–Kier alpha value is -1.80. The summed E-state index contributed by atoms with van der Waals surface area (Å²) in [6.07, 6.45) is 2.91. The zero-order chi connectivity index (χ0) is 15.6. The molecule has 0 spiro atoms. The summed E-state index contributed by atoms with van der Waals surface area (Å²) in [5.41, 5.74) is 3.55. The van der Waals surface area contributed by atoms with Gasteiger partial charge in [0.25, 0.3) is 0 Å². The standard InChI is InChI=1S/C16H21N3OS/c1-16(2,9-6-10-17)13-18-19-15(20)12-21-11-14-7-4-3-5-8-14/h3-5,7-8,13H,6,9,11-12H2,1-2H3,(H,19,20)/b18-13-. The van der Waals surface area contributed by atoms with Crippen molar-refractivity contribution in [2.45, 2.75) is 32.4 Å². The van der Waals surface area contributed by atoms with Crippen LogP contribution in [0.1, 0.15) is 32.3 Å². The second kappa shape index (κ2) is 9.19. The number of hydrogen-bond acceptors (Lipinski definition) is 4. The Morgan fingerprint density at radius 2 is 2.14 bits per heavy atom. The molecule has 21 heavy (non-hydrogen) atoms. The molecule has 0 aliphatic carbocycles. The van der Waals surface area contributed by atoms with Crippen LogP contribution in [0.15, 0.2) is 35.4 Å². The van der Waals surface area contributed by atoms with Gasteiger partial charge in [0.05, 0.1) is 11.8 Å². The zero-order valence-corrected chi connectivity index (χ0v) is 13.3. The maximum Gasteiger partial charge on any atom is 0.250 e. The summed E-state index contributed by atoms with van der Waals surface area (Å²) < 4.78 is 0. The molecule has 0 bridgehead atoms. The SMILES string of the molecule is CC(C)(/C=N\NC(=O)CSCc1ccccc1)CCC#N. The number of carbonyl (C=O) groups excluding carboxylic acids is 1. The summed E-state index contributed by atoms with van der Waals surface area (Å²) in [5, 5.41) is 12.5. The average molecular weight is 303 g/mol. The maximum atomic E-state index is 11.6. The fourth-order valence-corrected chi connectivity index (χ4v) is 2.37. The van der Waals surface area contributed by atoms with Crippen LogP contribution in [-0.2, 0) is 10.5 Å². The molecule has 1 rings (SSSR count). The third-order valence-corrected chi connectivity index (χ3v) is 3.83. The van der Waals surface area contributed by atoms with Gasteiger partial charge in [-0.1, -0.05) is 44.2 Å². The van der Waals surface area contributed by atoms with Crippen LogP contribution in [0.2, 0.25) is 0 Å². The lowest BCUT2D eigenvalue weighted by Gasteiger charge is -2.16. The van der Waals surface area contributed by atoms with Crippen molar-refractivity contribution in [3.8, 4) is 6.07 Å². The first-order valence-corrected chi connectivity index (χ1v) is 8.01. The molecule has 1 aromatic rings. The molecule has 5 heteroatoms. The van der Waals surface area contributed by atoms with Crippen LogP contribution >= 0.6 is 11.8 Å². The second-order valence-electron chi connectivity index (χ2n) is 5.42. The van der Waals surface area contributed by atoms with E-state index in [2.05, 4.69) is 16.6 Å². The Morgan fingerprint density at radius 3 is 2.81 bits per heavy atom. The first-order chi connectivity index (χ1) is 10.0. The monoisotopic (exact) mass is 303 g/mol. The quantitative estimate of drug-likeness (QED) is 0.591. The molecule has 0 fully saturated rings. The third kappa shape index (κ3) is 8.16. The van der Waals surface area contributed by atoms with E-state index in [-0.39, 0.29) is 11.3 Å². The van der Waals surface area contributed by atoms with Crippen molar-refractivity contribution in [1.82, 2.24) is 5.43 Å². The highest BCUT2D eigenvalue weighted by Gasteiger charge is 2.14. The van der Waals surface area contributed by atoms with Gasteiger partial charge in [0, 0.05) is 23.8 Å². The minimum atomic E-state index is -0.180. The summed E-state index contributed by atoms with van der Waals surface area (Å²) in [5.74, 6) is 1.08. The molecule has 0 aliphatic rings. The lowest BCUT2D eigenvalue weighted by molar-refractivity contribution is -0.118. The Labute approximate surface area is 130 Å². The van der Waals surface area contributed by atoms with Gasteiger partial charge in [-0.2, -0.15) is 10.4 Å². The van der Waals surface area contributed by atoms with E-state index in [4.69, 9.17) is 5.26 Å². The summed E-state index contributed by atoms with van der Waals surface area (Å²) in [6, 6.07) is 12.2. The third-order valence-electron chi connectivity index (χ3n) is 2.83. The number of amides is 1. The highest BCUT2D eigenvalue weighted by molar-refractivity contribution is 7.99. The molecule has 0 atom stereocenters. The minimum absolute atomic E-state index is 0.108. The molecule has 0 saturated heterocycles. The van der Waals surface area contributed by atoms with E-state index in [1.807, 2.05) is 44.2 Å². The van der Waals surface area contributed by atoms with Crippen molar-refractivity contribution in [2.24, 2.45) is 10.5 Å². The molecule has 4 nitrogen and oxygen atoms in total. The fraction of sp³-hybridized carbons (Fsp3) is 0.438. The summed E-state index contributed by atoms with van der Waals surface area (Å²) >= 11 is 1.56. The number of hydrazone groups is 1. The zero-order valence-electron chi connectivity index (χ0n) is 12.5. The molecule has 112 valence electrons. The van der Waals surface area contributed by atoms with Gasteiger partial charge < -0.3 is 0 Å². The van der Waals surface area contributed by atoms with E-state index in [0.717, 1.165) is 12.2 Å². The Bertz CT molecular complexity index is 506. The van der Waals surface area contributed by atoms with Crippen molar-refractivity contribution in [2.75, 3.05) is 5.75 Å². The van der Waals surface area contributed by atoms with Crippen molar-refractivity contribution in [3.63, 3.8) is 0 Å². The Morgan fingerprint density at radius 1 is 1.43 bits per heavy atom. The highest BCUT2D eigenvalue weighted by atomic mass is 32.2. The van der Waals surface area contributed by atoms with Crippen molar-refractivity contribution in [3.05, 3.63) is 35.9 Å². The first-order valence-electron chi connectivity index (χ1n) is 6.85. The topological polar surface area (TPSA) is 65.2 Å². The number of carbonyl (C=O) groups is 1. The molecule has 1 amide bonds. The van der Waals surface area contributed by atoms with E-state index in [1.165, 1.54) is 5.56 Å². The lowest BCUT2D eigenvalue weighted by atomic mass is 9.90. The van der Waals surface area contributed by atoms with Gasteiger partial charge >= 0.3 is 0 Å². The molecule has 0 radical (unpaired) electrons. The van der Waals surface area contributed by atoms with Gasteiger partial charge in [-0.05, 0) is 12.0 Å². The Balaban J connectivity index is 2.23. The number of rotatable bonds is 8. The number of benzene rings is 1. The molecule has 0 aliphatic heterocycles.